The average Bonchev–Trinajstić information content (AvgIpc) is 3.15. The van der Waals surface area contributed by atoms with E-state index in [4.69, 9.17) is 4.74 Å². The van der Waals surface area contributed by atoms with E-state index in [1.54, 1.807) is 6.33 Å². The number of likely N-dealkylation sites (N-methyl/N-ethyl adjacent to an activating group) is 1. The number of nitrogens with one attached hydrogen (secondary N) is 1. The fourth-order valence-electron chi connectivity index (χ4n) is 3.37. The molecule has 3 heterocycles. The first-order valence-electron chi connectivity index (χ1n) is 7.58. The molecule has 1 aromatic heterocycles. The van der Waals surface area contributed by atoms with Crippen LogP contribution in [-0.4, -0.2) is 65.0 Å². The Balaban J connectivity index is 1.68. The van der Waals surface area contributed by atoms with Gasteiger partial charge in [0.05, 0.1) is 19.1 Å². The lowest BCUT2D eigenvalue weighted by molar-refractivity contribution is -0.137. The van der Waals surface area contributed by atoms with Crippen LogP contribution in [0.3, 0.4) is 0 Å². The molecule has 116 valence electrons. The highest BCUT2D eigenvalue weighted by molar-refractivity contribution is 5.80. The molecule has 0 aliphatic carbocycles. The van der Waals surface area contributed by atoms with Crippen molar-refractivity contribution in [1.29, 1.82) is 0 Å². The van der Waals surface area contributed by atoms with Crippen LogP contribution in [0.1, 0.15) is 24.6 Å². The third kappa shape index (κ3) is 2.80. The molecule has 21 heavy (non-hydrogen) atoms. The molecule has 0 radical (unpaired) electrons. The minimum absolute atomic E-state index is 0.0618. The van der Waals surface area contributed by atoms with Crippen LogP contribution >= 0.6 is 0 Å². The number of nitrogens with zero attached hydrogens (tertiary/aromatic N) is 4. The summed E-state index contributed by atoms with van der Waals surface area (Å²) < 4.78 is 7.41. The molecule has 7 nitrogen and oxygen atoms in total. The first kappa shape index (κ1) is 14.5. The molecule has 3 unspecified atom stereocenters. The van der Waals surface area contributed by atoms with Gasteiger partial charge in [0.15, 0.2) is 0 Å². The number of carbonyl (C=O) groups is 1. The first-order chi connectivity index (χ1) is 10.2. The summed E-state index contributed by atoms with van der Waals surface area (Å²) in [5.41, 5.74) is 0. The molecule has 1 aromatic rings. The molecule has 0 saturated carbocycles. The summed E-state index contributed by atoms with van der Waals surface area (Å²) in [6, 6.07) is 0.132. The number of likely N-dealkylation sites (tertiary alicyclic amines) is 1. The van der Waals surface area contributed by atoms with Gasteiger partial charge in [-0.1, -0.05) is 0 Å². The normalized spacial score (nSPS) is 29.8. The highest BCUT2D eigenvalue weighted by Crippen LogP contribution is 2.27. The van der Waals surface area contributed by atoms with E-state index < -0.39 is 0 Å². The molecule has 2 fully saturated rings. The number of carbonyl (C=O) groups excluding carboxylic acids is 1. The van der Waals surface area contributed by atoms with Gasteiger partial charge in [0.1, 0.15) is 12.2 Å². The number of piperidine rings is 1. The Morgan fingerprint density at radius 1 is 1.48 bits per heavy atom. The molecule has 7 heteroatoms. The van der Waals surface area contributed by atoms with E-state index in [-0.39, 0.29) is 23.8 Å². The molecule has 2 saturated heterocycles. The first-order valence-corrected chi connectivity index (χ1v) is 7.58. The Morgan fingerprint density at radius 2 is 2.33 bits per heavy atom. The molecule has 0 bridgehead atoms. The smallest absolute Gasteiger partial charge is 0.229 e. The quantitative estimate of drug-likeness (QED) is 0.832. The maximum Gasteiger partial charge on any atom is 0.229 e. The molecule has 3 atom stereocenters. The summed E-state index contributed by atoms with van der Waals surface area (Å²) in [6.07, 6.45) is 3.80. The van der Waals surface area contributed by atoms with Crippen molar-refractivity contribution in [2.75, 3.05) is 33.4 Å². The molecule has 2 aliphatic rings. The fourth-order valence-corrected chi connectivity index (χ4v) is 3.37. The van der Waals surface area contributed by atoms with Gasteiger partial charge in [-0.2, -0.15) is 0 Å². The van der Waals surface area contributed by atoms with E-state index in [1.165, 1.54) is 0 Å². The van der Waals surface area contributed by atoms with Crippen molar-refractivity contribution in [2.24, 2.45) is 13.0 Å². The van der Waals surface area contributed by atoms with Crippen LogP contribution in [0.2, 0.25) is 0 Å². The number of aromatic nitrogens is 3. The summed E-state index contributed by atoms with van der Waals surface area (Å²) in [4.78, 5) is 14.7. The summed E-state index contributed by atoms with van der Waals surface area (Å²) in [5.74, 6) is 1.40. The molecule has 0 aromatic carbocycles. The molecule has 2 aliphatic heterocycles. The minimum Gasteiger partial charge on any atom is -0.379 e. The highest BCUT2D eigenvalue weighted by atomic mass is 16.5. The largest absolute Gasteiger partial charge is 0.379 e. The number of rotatable bonds is 3. The predicted octanol–water partition coefficient (Wildman–Crippen LogP) is -0.244. The average molecular weight is 293 g/mol. The van der Waals surface area contributed by atoms with Gasteiger partial charge in [-0.25, -0.2) is 0 Å². The molecular formula is C14H23N5O2. The van der Waals surface area contributed by atoms with Crippen molar-refractivity contribution < 1.29 is 9.53 Å². The van der Waals surface area contributed by atoms with Gasteiger partial charge in [0.2, 0.25) is 5.91 Å². The second-order valence-corrected chi connectivity index (χ2v) is 5.96. The Kier molecular flexibility index (Phi) is 4.21. The summed E-state index contributed by atoms with van der Waals surface area (Å²) >= 11 is 0. The number of amides is 1. The molecule has 1 N–H and O–H groups in total. The van der Waals surface area contributed by atoms with Crippen molar-refractivity contribution >= 4 is 5.91 Å². The second kappa shape index (κ2) is 6.11. The number of aryl methyl sites for hydroxylation is 1. The summed E-state index contributed by atoms with van der Waals surface area (Å²) in [6.45, 7) is 2.71. The van der Waals surface area contributed by atoms with Crippen molar-refractivity contribution in [1.82, 2.24) is 25.0 Å². The van der Waals surface area contributed by atoms with E-state index in [2.05, 4.69) is 15.5 Å². The maximum absolute atomic E-state index is 12.7. The zero-order chi connectivity index (χ0) is 14.8. The van der Waals surface area contributed by atoms with Gasteiger partial charge in [-0.05, 0) is 19.9 Å². The molecular weight excluding hydrogens is 270 g/mol. The maximum atomic E-state index is 12.7. The van der Waals surface area contributed by atoms with Crippen LogP contribution in [0.4, 0.5) is 0 Å². The number of hydrogen-bond donors (Lipinski definition) is 1. The zero-order valence-corrected chi connectivity index (χ0v) is 12.7. The SMILES string of the molecule is CNC1COCC1C(=O)N1CCCC(c2nncn2C)C1. The summed E-state index contributed by atoms with van der Waals surface area (Å²) in [5, 5.41) is 11.3. The second-order valence-electron chi connectivity index (χ2n) is 5.96. The molecule has 3 rings (SSSR count). The Morgan fingerprint density at radius 3 is 3.05 bits per heavy atom. The van der Waals surface area contributed by atoms with Crippen molar-refractivity contribution in [3.8, 4) is 0 Å². The minimum atomic E-state index is -0.0618. The lowest BCUT2D eigenvalue weighted by Gasteiger charge is -2.34. The summed E-state index contributed by atoms with van der Waals surface area (Å²) in [7, 11) is 3.84. The topological polar surface area (TPSA) is 72.3 Å². The van der Waals surface area contributed by atoms with Gasteiger partial charge < -0.3 is 19.5 Å². The van der Waals surface area contributed by atoms with Gasteiger partial charge in [-0.15, -0.1) is 10.2 Å². The zero-order valence-electron chi connectivity index (χ0n) is 12.7. The van der Waals surface area contributed by atoms with E-state index in [1.807, 2.05) is 23.6 Å². The highest BCUT2D eigenvalue weighted by Gasteiger charge is 2.37. The molecule has 1 amide bonds. The lowest BCUT2D eigenvalue weighted by Crippen LogP contribution is -2.48. The Bertz CT molecular complexity index is 503. The third-order valence-corrected chi connectivity index (χ3v) is 4.61. The fraction of sp³-hybridized carbons (Fsp3) is 0.786. The molecule has 0 spiro atoms. The van der Waals surface area contributed by atoms with E-state index in [0.717, 1.165) is 31.8 Å². The van der Waals surface area contributed by atoms with Crippen LogP contribution in [-0.2, 0) is 16.6 Å². The lowest BCUT2D eigenvalue weighted by atomic mass is 9.94. The predicted molar refractivity (Wildman–Crippen MR) is 76.7 cm³/mol. The monoisotopic (exact) mass is 293 g/mol. The van der Waals surface area contributed by atoms with E-state index in [9.17, 15) is 4.79 Å². The third-order valence-electron chi connectivity index (χ3n) is 4.61. The van der Waals surface area contributed by atoms with E-state index in [0.29, 0.717) is 13.2 Å². The Labute approximate surface area is 124 Å². The van der Waals surface area contributed by atoms with Crippen LogP contribution in [0.25, 0.3) is 0 Å². The number of ether oxygens (including phenoxy) is 1. The van der Waals surface area contributed by atoms with Gasteiger partial charge >= 0.3 is 0 Å². The van der Waals surface area contributed by atoms with Crippen LogP contribution in [0.5, 0.6) is 0 Å². The van der Waals surface area contributed by atoms with Crippen LogP contribution in [0, 0.1) is 5.92 Å². The van der Waals surface area contributed by atoms with Gasteiger partial charge in [-0.3, -0.25) is 4.79 Å². The van der Waals surface area contributed by atoms with Crippen molar-refractivity contribution in [3.05, 3.63) is 12.2 Å². The number of hydrogen-bond acceptors (Lipinski definition) is 5. The standard InChI is InChI=1S/C14H23N5O2/c1-15-12-8-21-7-11(12)14(20)19-5-3-4-10(6-19)13-17-16-9-18(13)2/h9-12,15H,3-8H2,1-2H3. The van der Waals surface area contributed by atoms with E-state index >= 15 is 0 Å². The van der Waals surface area contributed by atoms with Gasteiger partial charge in [0, 0.05) is 32.1 Å². The van der Waals surface area contributed by atoms with Crippen LogP contribution in [0.15, 0.2) is 6.33 Å². The van der Waals surface area contributed by atoms with Gasteiger partial charge in [0.25, 0.3) is 0 Å². The van der Waals surface area contributed by atoms with Crippen molar-refractivity contribution in [3.63, 3.8) is 0 Å². The van der Waals surface area contributed by atoms with Crippen molar-refractivity contribution in [2.45, 2.75) is 24.8 Å². The Hall–Kier alpha value is -1.47. The van der Waals surface area contributed by atoms with Crippen LogP contribution < -0.4 is 5.32 Å².